The lowest BCUT2D eigenvalue weighted by Gasteiger charge is -2.23. The minimum Gasteiger partial charge on any atom is -0.481 e. The number of carbonyl (C=O) groups excluding carboxylic acids is 1. The molecule has 114 valence electrons. The largest absolute Gasteiger partial charge is 0.481 e. The summed E-state index contributed by atoms with van der Waals surface area (Å²) in [6.07, 6.45) is 4.22. The maximum absolute atomic E-state index is 12.1. The Kier molecular flexibility index (Phi) is 4.51. The minimum atomic E-state index is -0.912. The fourth-order valence-corrected chi connectivity index (χ4v) is 2.51. The average Bonchev–Trinajstić information content (AvgIpc) is 3.04. The molecule has 0 radical (unpaired) electrons. The van der Waals surface area contributed by atoms with Crippen LogP contribution in [0.5, 0.6) is 0 Å². The molecule has 1 fully saturated rings. The van der Waals surface area contributed by atoms with Crippen molar-refractivity contribution in [3.05, 3.63) is 22.6 Å². The van der Waals surface area contributed by atoms with Gasteiger partial charge in [-0.1, -0.05) is 0 Å². The summed E-state index contributed by atoms with van der Waals surface area (Å²) in [7, 11) is 0. The number of rotatable bonds is 6. The smallest absolute Gasteiger partial charge is 0.381 e. The molecule has 2 heterocycles. The molecule has 0 spiro atoms. The summed E-state index contributed by atoms with van der Waals surface area (Å²) in [5, 5.41) is 19.3. The molecule has 1 unspecified atom stereocenters. The van der Waals surface area contributed by atoms with E-state index in [0.717, 1.165) is 6.42 Å². The van der Waals surface area contributed by atoms with Crippen molar-refractivity contribution in [1.29, 1.82) is 0 Å². The van der Waals surface area contributed by atoms with E-state index in [1.165, 1.54) is 17.1 Å². The second-order valence-electron chi connectivity index (χ2n) is 4.96. The van der Waals surface area contributed by atoms with E-state index in [1.807, 2.05) is 0 Å². The molecule has 1 atom stereocenters. The summed E-state index contributed by atoms with van der Waals surface area (Å²) in [4.78, 5) is 38.0. The number of hydrogen-bond acceptors (Lipinski definition) is 5. The molecule has 1 aliphatic rings. The standard InChI is InChI=1S/C12H16N4O5/c17-11(15-4-1-2-9(15)6-12(18)19)3-5-14-7-10(13-8-14)16(20)21/h7-9H,1-6H2,(H,18,19). The van der Waals surface area contributed by atoms with Crippen molar-refractivity contribution in [3.63, 3.8) is 0 Å². The van der Waals surface area contributed by atoms with Gasteiger partial charge in [0.15, 0.2) is 0 Å². The van der Waals surface area contributed by atoms with E-state index < -0.39 is 10.9 Å². The number of nitro groups is 1. The summed E-state index contributed by atoms with van der Waals surface area (Å²) >= 11 is 0. The normalized spacial score (nSPS) is 17.9. The number of amides is 1. The number of carbonyl (C=O) groups is 2. The lowest BCUT2D eigenvalue weighted by Crippen LogP contribution is -2.37. The van der Waals surface area contributed by atoms with Crippen LogP contribution in [0, 0.1) is 10.1 Å². The van der Waals surface area contributed by atoms with Crippen molar-refractivity contribution in [3.8, 4) is 0 Å². The van der Waals surface area contributed by atoms with Crippen LogP contribution >= 0.6 is 0 Å². The molecule has 1 aliphatic heterocycles. The summed E-state index contributed by atoms with van der Waals surface area (Å²) in [6.45, 7) is 0.858. The number of likely N-dealkylation sites (tertiary alicyclic amines) is 1. The van der Waals surface area contributed by atoms with E-state index in [9.17, 15) is 19.7 Å². The molecule has 2 rings (SSSR count). The zero-order chi connectivity index (χ0) is 15.4. The van der Waals surface area contributed by atoms with Crippen molar-refractivity contribution >= 4 is 17.7 Å². The third-order valence-electron chi connectivity index (χ3n) is 3.50. The van der Waals surface area contributed by atoms with Crippen LogP contribution in [0.25, 0.3) is 0 Å². The van der Waals surface area contributed by atoms with Gasteiger partial charge in [0.1, 0.15) is 6.20 Å². The number of carboxylic acids is 1. The Morgan fingerprint density at radius 2 is 2.29 bits per heavy atom. The molecule has 1 amide bonds. The molecule has 1 N–H and O–H groups in total. The molecule has 9 nitrogen and oxygen atoms in total. The number of aromatic nitrogens is 2. The SMILES string of the molecule is O=C(O)CC1CCCN1C(=O)CCn1cnc([N+](=O)[O-])c1. The zero-order valence-corrected chi connectivity index (χ0v) is 11.3. The maximum atomic E-state index is 12.1. The summed E-state index contributed by atoms with van der Waals surface area (Å²) in [5.74, 6) is -1.30. The first-order valence-electron chi connectivity index (χ1n) is 6.65. The van der Waals surface area contributed by atoms with Crippen LogP contribution in [0.15, 0.2) is 12.5 Å². The number of aliphatic carboxylic acids is 1. The second kappa shape index (κ2) is 6.33. The predicted octanol–water partition coefficient (Wildman–Crippen LogP) is 0.647. The highest BCUT2D eigenvalue weighted by molar-refractivity contribution is 5.78. The molecule has 0 bridgehead atoms. The number of imidazole rings is 1. The Balaban J connectivity index is 1.88. The first kappa shape index (κ1) is 14.9. The lowest BCUT2D eigenvalue weighted by molar-refractivity contribution is -0.389. The van der Waals surface area contributed by atoms with Gasteiger partial charge in [-0.3, -0.25) is 9.59 Å². The number of hydrogen-bond donors (Lipinski definition) is 1. The van der Waals surface area contributed by atoms with Gasteiger partial charge in [-0.15, -0.1) is 0 Å². The molecule has 0 aromatic carbocycles. The Morgan fingerprint density at radius 1 is 1.52 bits per heavy atom. The van der Waals surface area contributed by atoms with Gasteiger partial charge in [-0.2, -0.15) is 0 Å². The first-order chi connectivity index (χ1) is 9.97. The van der Waals surface area contributed by atoms with Crippen molar-refractivity contribution in [2.24, 2.45) is 0 Å². The van der Waals surface area contributed by atoms with Gasteiger partial charge < -0.3 is 24.7 Å². The Labute approximate surface area is 120 Å². The van der Waals surface area contributed by atoms with Crippen molar-refractivity contribution in [2.75, 3.05) is 6.54 Å². The van der Waals surface area contributed by atoms with Crippen LogP contribution in [0.4, 0.5) is 5.82 Å². The van der Waals surface area contributed by atoms with E-state index in [4.69, 9.17) is 5.11 Å². The third kappa shape index (κ3) is 3.77. The van der Waals surface area contributed by atoms with Gasteiger partial charge in [0, 0.05) is 25.6 Å². The molecule has 9 heteroatoms. The highest BCUT2D eigenvalue weighted by Gasteiger charge is 2.30. The van der Waals surface area contributed by atoms with Gasteiger partial charge in [0.25, 0.3) is 0 Å². The summed E-state index contributed by atoms with van der Waals surface area (Å²) in [5.41, 5.74) is 0. The first-order valence-corrected chi connectivity index (χ1v) is 6.65. The molecule has 0 aliphatic carbocycles. The average molecular weight is 296 g/mol. The van der Waals surface area contributed by atoms with Crippen LogP contribution in [-0.4, -0.2) is 48.9 Å². The fraction of sp³-hybridized carbons (Fsp3) is 0.583. The number of carboxylic acid groups (broad SMARTS) is 1. The van der Waals surface area contributed by atoms with Crippen LogP contribution in [0.1, 0.15) is 25.7 Å². The zero-order valence-electron chi connectivity index (χ0n) is 11.3. The van der Waals surface area contributed by atoms with E-state index in [2.05, 4.69) is 4.98 Å². The monoisotopic (exact) mass is 296 g/mol. The van der Waals surface area contributed by atoms with Gasteiger partial charge in [-0.25, -0.2) is 0 Å². The minimum absolute atomic E-state index is 0.0394. The quantitative estimate of drug-likeness (QED) is 0.608. The predicted molar refractivity (Wildman–Crippen MR) is 70.5 cm³/mol. The van der Waals surface area contributed by atoms with E-state index in [-0.39, 0.29) is 37.2 Å². The van der Waals surface area contributed by atoms with Gasteiger partial charge in [0.05, 0.1) is 6.42 Å². The highest BCUT2D eigenvalue weighted by Crippen LogP contribution is 2.21. The highest BCUT2D eigenvalue weighted by atomic mass is 16.6. The molecule has 1 saturated heterocycles. The van der Waals surface area contributed by atoms with Crippen LogP contribution < -0.4 is 0 Å². The van der Waals surface area contributed by atoms with Crippen molar-refractivity contribution < 1.29 is 19.6 Å². The second-order valence-corrected chi connectivity index (χ2v) is 4.96. The van der Waals surface area contributed by atoms with E-state index in [0.29, 0.717) is 13.0 Å². The van der Waals surface area contributed by atoms with Gasteiger partial charge in [-0.05, 0) is 22.7 Å². The number of nitrogens with zero attached hydrogens (tertiary/aromatic N) is 4. The Bertz CT molecular complexity index is 556. The lowest BCUT2D eigenvalue weighted by atomic mass is 10.1. The van der Waals surface area contributed by atoms with Gasteiger partial charge >= 0.3 is 11.8 Å². The molecular formula is C12H16N4O5. The van der Waals surface area contributed by atoms with Crippen LogP contribution in [0.3, 0.4) is 0 Å². The summed E-state index contributed by atoms with van der Waals surface area (Å²) in [6, 6.07) is -0.243. The fourth-order valence-electron chi connectivity index (χ4n) is 2.51. The molecule has 1 aromatic rings. The third-order valence-corrected chi connectivity index (χ3v) is 3.50. The Morgan fingerprint density at radius 3 is 2.90 bits per heavy atom. The maximum Gasteiger partial charge on any atom is 0.381 e. The topological polar surface area (TPSA) is 119 Å². The van der Waals surface area contributed by atoms with E-state index in [1.54, 1.807) is 4.90 Å². The molecule has 0 saturated carbocycles. The number of aryl methyl sites for hydroxylation is 1. The Hall–Kier alpha value is -2.45. The van der Waals surface area contributed by atoms with Crippen molar-refractivity contribution in [2.45, 2.75) is 38.3 Å². The van der Waals surface area contributed by atoms with E-state index >= 15 is 0 Å². The van der Waals surface area contributed by atoms with Crippen LogP contribution in [-0.2, 0) is 16.1 Å². The van der Waals surface area contributed by atoms with Gasteiger partial charge in [0.2, 0.25) is 12.2 Å². The molecular weight excluding hydrogens is 280 g/mol. The molecule has 1 aromatic heterocycles. The molecule has 21 heavy (non-hydrogen) atoms. The van der Waals surface area contributed by atoms with Crippen LogP contribution in [0.2, 0.25) is 0 Å². The van der Waals surface area contributed by atoms with Crippen molar-refractivity contribution in [1.82, 2.24) is 14.5 Å². The summed E-state index contributed by atoms with van der Waals surface area (Å²) < 4.78 is 1.48.